The number of thioether (sulfide) groups is 1. The molecular weight excluding hydrogens is 270 g/mol. The molecule has 0 radical (unpaired) electrons. The predicted octanol–water partition coefficient (Wildman–Crippen LogP) is 3.31. The molecule has 0 aliphatic rings. The van der Waals surface area contributed by atoms with Gasteiger partial charge in [-0.25, -0.2) is 0 Å². The second kappa shape index (κ2) is 8.27. The number of hydrogen-bond acceptors (Lipinski definition) is 3. The number of rotatable bonds is 7. The molecule has 3 nitrogen and oxygen atoms in total. The van der Waals surface area contributed by atoms with Crippen LogP contribution in [0.3, 0.4) is 0 Å². The van der Waals surface area contributed by atoms with Gasteiger partial charge in [-0.1, -0.05) is 18.0 Å². The summed E-state index contributed by atoms with van der Waals surface area (Å²) >= 11 is 7.73. The zero-order valence-electron chi connectivity index (χ0n) is 10.4. The standard InChI is InChI=1S/C13H18ClNO2S/c1-18-8-4-2-3-7-15-13(17)11-9-10(16)5-6-12(11)14/h5-6,9,16H,2-4,7-8H2,1H3,(H,15,17). The van der Waals surface area contributed by atoms with Crippen LogP contribution < -0.4 is 5.32 Å². The maximum atomic E-state index is 11.8. The summed E-state index contributed by atoms with van der Waals surface area (Å²) in [6, 6.07) is 4.36. The molecule has 0 saturated heterocycles. The lowest BCUT2D eigenvalue weighted by atomic mass is 10.2. The molecule has 100 valence electrons. The topological polar surface area (TPSA) is 49.3 Å². The first kappa shape index (κ1) is 15.2. The molecular formula is C13H18ClNO2S. The lowest BCUT2D eigenvalue weighted by Gasteiger charge is -2.07. The van der Waals surface area contributed by atoms with E-state index in [2.05, 4.69) is 11.6 Å². The quantitative estimate of drug-likeness (QED) is 0.757. The average molecular weight is 288 g/mol. The van der Waals surface area contributed by atoms with Crippen LogP contribution in [0.2, 0.25) is 5.02 Å². The second-order valence-electron chi connectivity index (χ2n) is 3.97. The van der Waals surface area contributed by atoms with E-state index < -0.39 is 0 Å². The normalized spacial score (nSPS) is 10.3. The number of carbonyl (C=O) groups excluding carboxylic acids is 1. The number of amides is 1. The zero-order chi connectivity index (χ0) is 13.4. The van der Waals surface area contributed by atoms with Crippen LogP contribution in [-0.2, 0) is 0 Å². The van der Waals surface area contributed by atoms with E-state index in [1.807, 2.05) is 11.8 Å². The number of benzene rings is 1. The van der Waals surface area contributed by atoms with Crippen molar-refractivity contribution in [1.29, 1.82) is 0 Å². The minimum atomic E-state index is -0.235. The molecule has 0 aliphatic heterocycles. The van der Waals surface area contributed by atoms with Crippen LogP contribution in [0.15, 0.2) is 18.2 Å². The number of aromatic hydroxyl groups is 1. The van der Waals surface area contributed by atoms with Crippen LogP contribution in [-0.4, -0.2) is 29.6 Å². The fourth-order valence-electron chi connectivity index (χ4n) is 1.53. The largest absolute Gasteiger partial charge is 0.508 e. The second-order valence-corrected chi connectivity index (χ2v) is 5.37. The van der Waals surface area contributed by atoms with Crippen molar-refractivity contribution >= 4 is 29.3 Å². The molecule has 1 amide bonds. The third-order valence-electron chi connectivity index (χ3n) is 2.51. The van der Waals surface area contributed by atoms with E-state index in [1.165, 1.54) is 24.6 Å². The fourth-order valence-corrected chi connectivity index (χ4v) is 2.23. The molecule has 0 aliphatic carbocycles. The summed E-state index contributed by atoms with van der Waals surface area (Å²) in [7, 11) is 0. The highest BCUT2D eigenvalue weighted by molar-refractivity contribution is 7.98. The summed E-state index contributed by atoms with van der Waals surface area (Å²) in [6.07, 6.45) is 5.33. The summed E-state index contributed by atoms with van der Waals surface area (Å²) in [6.45, 7) is 0.638. The van der Waals surface area contributed by atoms with Crippen molar-refractivity contribution in [3.05, 3.63) is 28.8 Å². The predicted molar refractivity (Wildman–Crippen MR) is 77.7 cm³/mol. The molecule has 18 heavy (non-hydrogen) atoms. The van der Waals surface area contributed by atoms with Gasteiger partial charge in [-0.05, 0) is 43.0 Å². The Bertz CT molecular complexity index is 399. The first-order valence-electron chi connectivity index (χ1n) is 5.91. The van der Waals surface area contributed by atoms with Gasteiger partial charge < -0.3 is 10.4 Å². The zero-order valence-corrected chi connectivity index (χ0v) is 12.0. The summed E-state index contributed by atoms with van der Waals surface area (Å²) in [5.74, 6) is 0.970. The van der Waals surface area contributed by atoms with Gasteiger partial charge in [0, 0.05) is 6.54 Å². The molecule has 0 fully saturated rings. The van der Waals surface area contributed by atoms with Gasteiger partial charge >= 0.3 is 0 Å². The van der Waals surface area contributed by atoms with Crippen molar-refractivity contribution in [2.75, 3.05) is 18.6 Å². The molecule has 5 heteroatoms. The lowest BCUT2D eigenvalue weighted by molar-refractivity contribution is 0.0952. The molecule has 0 unspecified atom stereocenters. The Labute approximate surface area is 117 Å². The number of carbonyl (C=O) groups is 1. The first-order valence-corrected chi connectivity index (χ1v) is 7.68. The maximum absolute atomic E-state index is 11.8. The van der Waals surface area contributed by atoms with Gasteiger partial charge in [0.05, 0.1) is 10.6 Å². The van der Waals surface area contributed by atoms with Crippen molar-refractivity contribution in [3.63, 3.8) is 0 Å². The van der Waals surface area contributed by atoms with E-state index in [1.54, 1.807) is 0 Å². The molecule has 0 spiro atoms. The van der Waals surface area contributed by atoms with E-state index in [9.17, 15) is 9.90 Å². The molecule has 1 rings (SSSR count). The van der Waals surface area contributed by atoms with Crippen LogP contribution in [0, 0.1) is 0 Å². The lowest BCUT2D eigenvalue weighted by Crippen LogP contribution is -2.24. The molecule has 0 aromatic heterocycles. The minimum absolute atomic E-state index is 0.0459. The molecule has 0 saturated carbocycles. The van der Waals surface area contributed by atoms with E-state index >= 15 is 0 Å². The monoisotopic (exact) mass is 287 g/mol. The van der Waals surface area contributed by atoms with Gasteiger partial charge in [0.2, 0.25) is 0 Å². The Morgan fingerprint density at radius 2 is 2.17 bits per heavy atom. The highest BCUT2D eigenvalue weighted by Crippen LogP contribution is 2.20. The summed E-state index contributed by atoms with van der Waals surface area (Å²) in [5, 5.41) is 12.5. The number of phenols is 1. The van der Waals surface area contributed by atoms with E-state index in [0.29, 0.717) is 17.1 Å². The molecule has 0 heterocycles. The third kappa shape index (κ3) is 5.19. The molecule has 1 aromatic rings. The number of hydrogen-bond donors (Lipinski definition) is 2. The Hall–Kier alpha value is -0.870. The van der Waals surface area contributed by atoms with Crippen LogP contribution in [0.4, 0.5) is 0 Å². The molecule has 1 aromatic carbocycles. The minimum Gasteiger partial charge on any atom is -0.508 e. The van der Waals surface area contributed by atoms with Gasteiger partial charge in [-0.3, -0.25) is 4.79 Å². The van der Waals surface area contributed by atoms with E-state index in [-0.39, 0.29) is 11.7 Å². The number of unbranched alkanes of at least 4 members (excludes halogenated alkanes) is 2. The van der Waals surface area contributed by atoms with Gasteiger partial charge in [-0.2, -0.15) is 11.8 Å². The smallest absolute Gasteiger partial charge is 0.252 e. The number of halogens is 1. The number of nitrogens with one attached hydrogen (secondary N) is 1. The Morgan fingerprint density at radius 3 is 2.89 bits per heavy atom. The van der Waals surface area contributed by atoms with Crippen LogP contribution >= 0.6 is 23.4 Å². The highest BCUT2D eigenvalue weighted by atomic mass is 35.5. The van der Waals surface area contributed by atoms with Gasteiger partial charge in [-0.15, -0.1) is 0 Å². The van der Waals surface area contributed by atoms with E-state index in [0.717, 1.165) is 18.6 Å². The molecule has 0 bridgehead atoms. The fraction of sp³-hybridized carbons (Fsp3) is 0.462. The average Bonchev–Trinajstić information content (AvgIpc) is 2.36. The van der Waals surface area contributed by atoms with Gasteiger partial charge in [0.25, 0.3) is 5.91 Å². The van der Waals surface area contributed by atoms with Crippen LogP contribution in [0.5, 0.6) is 5.75 Å². The summed E-state index contributed by atoms with van der Waals surface area (Å²) < 4.78 is 0. The van der Waals surface area contributed by atoms with E-state index in [4.69, 9.17) is 11.6 Å². The van der Waals surface area contributed by atoms with Crippen LogP contribution in [0.1, 0.15) is 29.6 Å². The van der Waals surface area contributed by atoms with Crippen molar-refractivity contribution in [1.82, 2.24) is 5.32 Å². The Morgan fingerprint density at radius 1 is 1.39 bits per heavy atom. The van der Waals surface area contributed by atoms with Crippen molar-refractivity contribution in [2.45, 2.75) is 19.3 Å². The summed E-state index contributed by atoms with van der Waals surface area (Å²) in [5.41, 5.74) is 0.320. The third-order valence-corrected chi connectivity index (χ3v) is 3.53. The molecule has 0 atom stereocenters. The highest BCUT2D eigenvalue weighted by Gasteiger charge is 2.10. The molecule has 2 N–H and O–H groups in total. The van der Waals surface area contributed by atoms with Crippen LogP contribution in [0.25, 0.3) is 0 Å². The van der Waals surface area contributed by atoms with Crippen molar-refractivity contribution in [3.8, 4) is 5.75 Å². The first-order chi connectivity index (χ1) is 8.65. The Balaban J connectivity index is 2.34. The van der Waals surface area contributed by atoms with Crippen molar-refractivity contribution in [2.24, 2.45) is 0 Å². The maximum Gasteiger partial charge on any atom is 0.252 e. The van der Waals surface area contributed by atoms with Crippen molar-refractivity contribution < 1.29 is 9.90 Å². The van der Waals surface area contributed by atoms with Gasteiger partial charge in [0.1, 0.15) is 5.75 Å². The number of phenolic OH excluding ortho intramolecular Hbond substituents is 1. The Kier molecular flexibility index (Phi) is 6.98. The SMILES string of the molecule is CSCCCCCNC(=O)c1cc(O)ccc1Cl. The van der Waals surface area contributed by atoms with Gasteiger partial charge in [0.15, 0.2) is 0 Å². The summed E-state index contributed by atoms with van der Waals surface area (Å²) in [4.78, 5) is 11.8.